The predicted octanol–water partition coefficient (Wildman–Crippen LogP) is 2.84. The van der Waals surface area contributed by atoms with Gasteiger partial charge < -0.3 is 9.15 Å². The number of halogens is 1. The number of aromatic nitrogens is 2. The van der Waals surface area contributed by atoms with E-state index in [4.69, 9.17) is 9.15 Å². The Kier molecular flexibility index (Phi) is 5.32. The summed E-state index contributed by atoms with van der Waals surface area (Å²) in [5.74, 6) is -0.260. The molecule has 1 atom stereocenters. The van der Waals surface area contributed by atoms with Crippen LogP contribution in [0.15, 0.2) is 33.9 Å². The lowest BCUT2D eigenvalue weighted by atomic mass is 10.1. The zero-order valence-electron chi connectivity index (χ0n) is 11.7. The molecule has 2 rings (SSSR count). The van der Waals surface area contributed by atoms with E-state index in [1.165, 1.54) is 12.1 Å². The molecule has 0 amide bonds. The van der Waals surface area contributed by atoms with E-state index in [9.17, 15) is 9.18 Å². The fraction of sp³-hybridized carbons (Fsp3) is 0.357. The standard InChI is InChI=1S/C14H15FN2O3S/c1-3-19-13(18)9(2)21-14-17-16-12(20-14)8-10-5-4-6-11(15)7-10/h4-7,9H,3,8H2,1-2H3. The molecule has 1 aromatic carbocycles. The first-order valence-corrected chi connectivity index (χ1v) is 7.36. The third-order valence-corrected chi connectivity index (χ3v) is 3.50. The first kappa shape index (κ1) is 15.5. The van der Waals surface area contributed by atoms with Gasteiger partial charge in [-0.25, -0.2) is 4.39 Å². The monoisotopic (exact) mass is 310 g/mol. The lowest BCUT2D eigenvalue weighted by Gasteiger charge is -2.06. The predicted molar refractivity (Wildman–Crippen MR) is 75.5 cm³/mol. The summed E-state index contributed by atoms with van der Waals surface area (Å²) in [5, 5.41) is 7.62. The number of carbonyl (C=O) groups excluding carboxylic acids is 1. The minimum Gasteiger partial charge on any atom is -0.465 e. The first-order valence-electron chi connectivity index (χ1n) is 6.48. The van der Waals surface area contributed by atoms with E-state index in [0.29, 0.717) is 24.1 Å². The third-order valence-electron chi connectivity index (χ3n) is 2.59. The largest absolute Gasteiger partial charge is 0.465 e. The van der Waals surface area contributed by atoms with Crippen LogP contribution in [0.1, 0.15) is 25.3 Å². The molecule has 0 N–H and O–H groups in total. The second-order valence-corrected chi connectivity index (χ2v) is 5.57. The second-order valence-electron chi connectivity index (χ2n) is 4.28. The van der Waals surface area contributed by atoms with Crippen molar-refractivity contribution in [1.29, 1.82) is 0 Å². The smallest absolute Gasteiger partial charge is 0.319 e. The fourth-order valence-electron chi connectivity index (χ4n) is 1.64. The summed E-state index contributed by atoms with van der Waals surface area (Å²) in [4.78, 5) is 11.5. The van der Waals surface area contributed by atoms with Crippen molar-refractivity contribution in [2.24, 2.45) is 0 Å². The quantitative estimate of drug-likeness (QED) is 0.604. The van der Waals surface area contributed by atoms with Crippen molar-refractivity contribution in [3.8, 4) is 0 Å². The number of rotatable bonds is 6. The number of benzene rings is 1. The van der Waals surface area contributed by atoms with Crippen molar-refractivity contribution < 1.29 is 18.3 Å². The Morgan fingerprint density at radius 3 is 3.00 bits per heavy atom. The number of ether oxygens (including phenoxy) is 1. The molecule has 0 aliphatic heterocycles. The minimum absolute atomic E-state index is 0.293. The Bertz CT molecular complexity index is 618. The number of hydrogen-bond donors (Lipinski definition) is 0. The molecule has 1 heterocycles. The van der Waals surface area contributed by atoms with Crippen LogP contribution in [0.2, 0.25) is 0 Å². The van der Waals surface area contributed by atoms with Gasteiger partial charge in [-0.05, 0) is 31.5 Å². The summed E-state index contributed by atoms with van der Waals surface area (Å²) in [7, 11) is 0. The van der Waals surface area contributed by atoms with Crippen LogP contribution in [0.3, 0.4) is 0 Å². The maximum atomic E-state index is 13.1. The molecule has 0 aliphatic carbocycles. The molecule has 1 unspecified atom stereocenters. The Balaban J connectivity index is 1.96. The molecule has 1 aromatic heterocycles. The maximum Gasteiger partial charge on any atom is 0.319 e. The third kappa shape index (κ3) is 4.56. The van der Waals surface area contributed by atoms with E-state index in [1.807, 2.05) is 0 Å². The van der Waals surface area contributed by atoms with E-state index in [-0.39, 0.29) is 11.8 Å². The van der Waals surface area contributed by atoms with Gasteiger partial charge in [0.1, 0.15) is 11.1 Å². The van der Waals surface area contributed by atoms with Gasteiger partial charge in [0.25, 0.3) is 5.22 Å². The molecule has 0 bridgehead atoms. The van der Waals surface area contributed by atoms with Crippen LogP contribution in [0.4, 0.5) is 4.39 Å². The van der Waals surface area contributed by atoms with Gasteiger partial charge in [-0.2, -0.15) is 0 Å². The number of esters is 1. The molecule has 0 spiro atoms. The fourth-order valence-corrected chi connectivity index (χ4v) is 2.34. The summed E-state index contributed by atoms with van der Waals surface area (Å²) in [5.41, 5.74) is 0.744. The van der Waals surface area contributed by atoms with E-state index in [1.54, 1.807) is 26.0 Å². The summed E-state index contributed by atoms with van der Waals surface area (Å²) < 4.78 is 23.4. The van der Waals surface area contributed by atoms with Crippen LogP contribution in [-0.4, -0.2) is 28.0 Å². The number of thioether (sulfide) groups is 1. The van der Waals surface area contributed by atoms with Gasteiger partial charge in [0, 0.05) is 0 Å². The minimum atomic E-state index is -0.424. The lowest BCUT2D eigenvalue weighted by Crippen LogP contribution is -2.16. The van der Waals surface area contributed by atoms with Crippen LogP contribution >= 0.6 is 11.8 Å². The molecule has 5 nitrogen and oxygen atoms in total. The van der Waals surface area contributed by atoms with Gasteiger partial charge in [-0.3, -0.25) is 4.79 Å². The SMILES string of the molecule is CCOC(=O)C(C)Sc1nnc(Cc2cccc(F)c2)o1. The van der Waals surface area contributed by atoms with Gasteiger partial charge in [-0.1, -0.05) is 23.9 Å². The molecule has 21 heavy (non-hydrogen) atoms. The molecule has 2 aromatic rings. The molecule has 0 saturated heterocycles. The summed E-state index contributed by atoms with van der Waals surface area (Å²) in [6, 6.07) is 6.19. The van der Waals surface area contributed by atoms with Gasteiger partial charge >= 0.3 is 5.97 Å². The highest BCUT2D eigenvalue weighted by atomic mass is 32.2. The Morgan fingerprint density at radius 1 is 1.48 bits per heavy atom. The number of carbonyl (C=O) groups is 1. The number of nitrogens with zero attached hydrogens (tertiary/aromatic N) is 2. The van der Waals surface area contributed by atoms with Crippen LogP contribution in [0, 0.1) is 5.82 Å². The average molecular weight is 310 g/mol. The zero-order chi connectivity index (χ0) is 15.2. The molecule has 0 radical (unpaired) electrons. The molecule has 0 saturated carbocycles. The van der Waals surface area contributed by atoms with Crippen LogP contribution in [0.25, 0.3) is 0 Å². The van der Waals surface area contributed by atoms with Crippen molar-refractivity contribution >= 4 is 17.7 Å². The van der Waals surface area contributed by atoms with Gasteiger partial charge in [0.15, 0.2) is 0 Å². The molecular weight excluding hydrogens is 295 g/mol. The van der Waals surface area contributed by atoms with E-state index in [0.717, 1.165) is 17.3 Å². The van der Waals surface area contributed by atoms with E-state index < -0.39 is 5.25 Å². The van der Waals surface area contributed by atoms with Crippen LogP contribution in [0.5, 0.6) is 0 Å². The first-order chi connectivity index (χ1) is 10.1. The maximum absolute atomic E-state index is 13.1. The number of hydrogen-bond acceptors (Lipinski definition) is 6. The molecule has 0 fully saturated rings. The van der Waals surface area contributed by atoms with Crippen molar-refractivity contribution in [2.45, 2.75) is 30.7 Å². The topological polar surface area (TPSA) is 65.2 Å². The summed E-state index contributed by atoms with van der Waals surface area (Å²) >= 11 is 1.14. The second kappa shape index (κ2) is 7.21. The van der Waals surface area contributed by atoms with Gasteiger partial charge in [0.2, 0.25) is 5.89 Å². The Hall–Kier alpha value is -1.89. The average Bonchev–Trinajstić information content (AvgIpc) is 2.86. The molecule has 7 heteroatoms. The molecular formula is C14H15FN2O3S. The molecule has 0 aliphatic rings. The highest BCUT2D eigenvalue weighted by Crippen LogP contribution is 2.23. The van der Waals surface area contributed by atoms with Crippen molar-refractivity contribution in [1.82, 2.24) is 10.2 Å². The van der Waals surface area contributed by atoms with Crippen molar-refractivity contribution in [3.63, 3.8) is 0 Å². The van der Waals surface area contributed by atoms with Gasteiger partial charge in [0.05, 0.1) is 13.0 Å². The highest BCUT2D eigenvalue weighted by molar-refractivity contribution is 8.00. The summed E-state index contributed by atoms with van der Waals surface area (Å²) in [6.07, 6.45) is 0.346. The van der Waals surface area contributed by atoms with Gasteiger partial charge in [-0.15, -0.1) is 10.2 Å². The highest BCUT2D eigenvalue weighted by Gasteiger charge is 2.19. The zero-order valence-corrected chi connectivity index (χ0v) is 12.5. The van der Waals surface area contributed by atoms with E-state index in [2.05, 4.69) is 10.2 Å². The summed E-state index contributed by atoms with van der Waals surface area (Å²) in [6.45, 7) is 3.79. The normalized spacial score (nSPS) is 12.1. The molecule has 112 valence electrons. The van der Waals surface area contributed by atoms with E-state index >= 15 is 0 Å². The Labute approximate surface area is 125 Å². The lowest BCUT2D eigenvalue weighted by molar-refractivity contribution is -0.142. The van der Waals surface area contributed by atoms with Crippen molar-refractivity contribution in [3.05, 3.63) is 41.5 Å². The Morgan fingerprint density at radius 2 is 2.29 bits per heavy atom. The van der Waals surface area contributed by atoms with Crippen LogP contribution in [-0.2, 0) is 16.0 Å². The van der Waals surface area contributed by atoms with Crippen molar-refractivity contribution in [2.75, 3.05) is 6.61 Å². The van der Waals surface area contributed by atoms with Crippen LogP contribution < -0.4 is 0 Å².